The topological polar surface area (TPSA) is 156 Å². The van der Waals surface area contributed by atoms with Crippen molar-refractivity contribution in [1.82, 2.24) is 20.2 Å². The molecule has 0 spiro atoms. The maximum atomic E-state index is 12.2. The zero-order valence-electron chi connectivity index (χ0n) is 13.5. The second-order valence-corrected chi connectivity index (χ2v) is 5.01. The molecule has 0 aromatic carbocycles. The molecule has 3 aromatic heterocycles. The van der Waals surface area contributed by atoms with Crippen molar-refractivity contribution < 1.29 is 14.3 Å². The van der Waals surface area contributed by atoms with Gasteiger partial charge in [-0.25, -0.2) is 9.78 Å². The number of H-pyrrole nitrogens is 2. The van der Waals surface area contributed by atoms with E-state index in [0.717, 1.165) is 0 Å². The summed E-state index contributed by atoms with van der Waals surface area (Å²) in [5.74, 6) is -0.940. The predicted octanol–water partition coefficient (Wildman–Crippen LogP) is 1.08. The van der Waals surface area contributed by atoms with Crippen molar-refractivity contribution in [2.45, 2.75) is 6.92 Å². The number of nitrogens with zero attached hydrogens (tertiary/aromatic N) is 2. The number of aromatic nitrogens is 4. The number of anilines is 2. The lowest BCUT2D eigenvalue weighted by Gasteiger charge is -2.05. The molecule has 0 aliphatic heterocycles. The van der Waals surface area contributed by atoms with Gasteiger partial charge in [-0.05, 0) is 19.1 Å². The van der Waals surface area contributed by atoms with Gasteiger partial charge in [0.15, 0.2) is 11.5 Å². The third-order valence-electron chi connectivity index (χ3n) is 3.35. The third kappa shape index (κ3) is 3.64. The summed E-state index contributed by atoms with van der Waals surface area (Å²) in [5, 5.41) is 9.57. The van der Waals surface area contributed by atoms with Crippen LogP contribution in [0.25, 0.3) is 11.0 Å². The minimum Gasteiger partial charge on any atom is -0.462 e. The lowest BCUT2D eigenvalue weighted by atomic mass is 10.2. The van der Waals surface area contributed by atoms with Crippen molar-refractivity contribution in [3.8, 4) is 0 Å². The Hall–Kier alpha value is -3.40. The number of esters is 1. The number of carbonyl (C=O) groups is 2. The van der Waals surface area contributed by atoms with Gasteiger partial charge < -0.3 is 20.8 Å². The fourth-order valence-corrected chi connectivity index (χ4v) is 2.16. The third-order valence-corrected chi connectivity index (χ3v) is 3.35. The normalized spacial score (nSPS) is 10.2. The standard InChI is InChI=1S/C15H14N6O4.ClH/c1-2-25-15(24)8-5-9-12(18-11(8)16)20-21-13(9)19-14(23)7-3-4-10(22)17-6-7;/h3-6H,2H2,1H3,(H,17,22)(H4,16,18,19,20,21,23);1H. The van der Waals surface area contributed by atoms with Gasteiger partial charge in [-0.15, -0.1) is 12.4 Å². The van der Waals surface area contributed by atoms with Crippen LogP contribution < -0.4 is 16.6 Å². The van der Waals surface area contributed by atoms with Crippen molar-refractivity contribution in [1.29, 1.82) is 0 Å². The fraction of sp³-hybridized carbons (Fsp3) is 0.133. The SMILES string of the molecule is CCOC(=O)c1cc2c(NC(=O)c3ccc(=O)[nH]c3)n[nH]c2nc1N.Cl. The van der Waals surface area contributed by atoms with Crippen molar-refractivity contribution >= 4 is 47.0 Å². The average Bonchev–Trinajstić information content (AvgIpc) is 2.96. The first-order chi connectivity index (χ1) is 12.0. The van der Waals surface area contributed by atoms with Gasteiger partial charge in [0.2, 0.25) is 5.56 Å². The Kier molecular flexibility index (Phi) is 5.58. The Morgan fingerprint density at radius 2 is 2.12 bits per heavy atom. The number of aromatic amines is 2. The van der Waals surface area contributed by atoms with Gasteiger partial charge in [0, 0.05) is 12.3 Å². The maximum absolute atomic E-state index is 12.2. The van der Waals surface area contributed by atoms with Crippen LogP contribution in [0.4, 0.5) is 11.6 Å². The first-order valence-corrected chi connectivity index (χ1v) is 7.31. The monoisotopic (exact) mass is 378 g/mol. The molecule has 10 nitrogen and oxygen atoms in total. The number of fused-ring (bicyclic) bond motifs is 1. The van der Waals surface area contributed by atoms with E-state index in [1.165, 1.54) is 24.4 Å². The molecule has 26 heavy (non-hydrogen) atoms. The molecule has 3 aromatic rings. The number of pyridine rings is 2. The highest BCUT2D eigenvalue weighted by molar-refractivity contribution is 6.08. The summed E-state index contributed by atoms with van der Waals surface area (Å²) in [6.07, 6.45) is 1.28. The number of hydrogen-bond donors (Lipinski definition) is 4. The number of nitrogens with two attached hydrogens (primary N) is 1. The number of carbonyl (C=O) groups excluding carboxylic acids is 2. The number of rotatable bonds is 4. The predicted molar refractivity (Wildman–Crippen MR) is 96.5 cm³/mol. The van der Waals surface area contributed by atoms with Crippen LogP contribution in [-0.2, 0) is 4.74 Å². The van der Waals surface area contributed by atoms with Crippen LogP contribution in [0.1, 0.15) is 27.6 Å². The van der Waals surface area contributed by atoms with Gasteiger partial charge in [0.1, 0.15) is 11.4 Å². The molecular formula is C15H15ClN6O4. The summed E-state index contributed by atoms with van der Waals surface area (Å²) in [5.41, 5.74) is 6.06. The number of hydrogen-bond acceptors (Lipinski definition) is 7. The number of halogens is 1. The second kappa shape index (κ2) is 7.66. The molecule has 0 radical (unpaired) electrons. The summed E-state index contributed by atoms with van der Waals surface area (Å²) in [4.78, 5) is 41.7. The summed E-state index contributed by atoms with van der Waals surface area (Å²) in [6.45, 7) is 1.87. The Morgan fingerprint density at radius 3 is 2.77 bits per heavy atom. The van der Waals surface area contributed by atoms with Gasteiger partial charge in [-0.2, -0.15) is 5.10 Å². The molecule has 0 unspecified atom stereocenters. The van der Waals surface area contributed by atoms with Gasteiger partial charge >= 0.3 is 5.97 Å². The molecule has 0 fully saturated rings. The van der Waals surface area contributed by atoms with Crippen LogP contribution in [0, 0.1) is 0 Å². The zero-order valence-corrected chi connectivity index (χ0v) is 14.3. The van der Waals surface area contributed by atoms with Crippen LogP contribution in [0.15, 0.2) is 29.2 Å². The summed E-state index contributed by atoms with van der Waals surface area (Å²) in [6, 6.07) is 4.06. The molecule has 5 N–H and O–H groups in total. The molecule has 0 aliphatic rings. The summed E-state index contributed by atoms with van der Waals surface area (Å²) >= 11 is 0. The average molecular weight is 379 g/mol. The van der Waals surface area contributed by atoms with Gasteiger partial charge in [0.25, 0.3) is 5.91 Å². The molecule has 0 saturated heterocycles. The van der Waals surface area contributed by atoms with Crippen LogP contribution in [0.3, 0.4) is 0 Å². The minimum atomic E-state index is -0.617. The van der Waals surface area contributed by atoms with Crippen LogP contribution >= 0.6 is 12.4 Å². The van der Waals surface area contributed by atoms with E-state index in [-0.39, 0.29) is 47.3 Å². The molecule has 11 heteroatoms. The van der Waals surface area contributed by atoms with Gasteiger partial charge in [-0.3, -0.25) is 14.7 Å². The lowest BCUT2D eigenvalue weighted by Crippen LogP contribution is -2.15. The van der Waals surface area contributed by atoms with Crippen LogP contribution in [0.5, 0.6) is 0 Å². The number of nitrogens with one attached hydrogen (secondary N) is 3. The summed E-state index contributed by atoms with van der Waals surface area (Å²) in [7, 11) is 0. The fourth-order valence-electron chi connectivity index (χ4n) is 2.16. The molecule has 3 rings (SSSR count). The van der Waals surface area contributed by atoms with E-state index in [9.17, 15) is 14.4 Å². The van der Waals surface area contributed by atoms with Crippen molar-refractivity contribution in [2.24, 2.45) is 0 Å². The molecule has 0 bridgehead atoms. The van der Waals surface area contributed by atoms with E-state index >= 15 is 0 Å². The number of ether oxygens (including phenoxy) is 1. The Morgan fingerprint density at radius 1 is 1.35 bits per heavy atom. The van der Waals surface area contributed by atoms with E-state index in [4.69, 9.17) is 10.5 Å². The highest BCUT2D eigenvalue weighted by atomic mass is 35.5. The molecule has 0 saturated carbocycles. The first-order valence-electron chi connectivity index (χ1n) is 7.31. The van der Waals surface area contributed by atoms with E-state index in [2.05, 4.69) is 25.5 Å². The maximum Gasteiger partial charge on any atom is 0.341 e. The number of nitrogen functional groups attached to an aromatic ring is 1. The van der Waals surface area contributed by atoms with E-state index in [0.29, 0.717) is 11.0 Å². The van der Waals surface area contributed by atoms with Gasteiger partial charge in [0.05, 0.1) is 17.6 Å². The first kappa shape index (κ1) is 18.9. The quantitative estimate of drug-likeness (QED) is 0.495. The Balaban J connectivity index is 0.00000243. The van der Waals surface area contributed by atoms with Crippen molar-refractivity contribution in [3.63, 3.8) is 0 Å². The highest BCUT2D eigenvalue weighted by Crippen LogP contribution is 2.24. The summed E-state index contributed by atoms with van der Waals surface area (Å²) < 4.78 is 4.93. The van der Waals surface area contributed by atoms with Crippen molar-refractivity contribution in [3.05, 3.63) is 45.9 Å². The van der Waals surface area contributed by atoms with Crippen LogP contribution in [-0.4, -0.2) is 38.6 Å². The molecule has 1 amide bonds. The molecule has 136 valence electrons. The minimum absolute atomic E-state index is 0. The largest absolute Gasteiger partial charge is 0.462 e. The second-order valence-electron chi connectivity index (χ2n) is 5.01. The van der Waals surface area contributed by atoms with E-state index < -0.39 is 11.9 Å². The highest BCUT2D eigenvalue weighted by Gasteiger charge is 2.18. The zero-order chi connectivity index (χ0) is 18.0. The lowest BCUT2D eigenvalue weighted by molar-refractivity contribution is 0.0527. The van der Waals surface area contributed by atoms with Crippen LogP contribution in [0.2, 0.25) is 0 Å². The Bertz CT molecular complexity index is 1010. The molecule has 0 atom stereocenters. The van der Waals surface area contributed by atoms with E-state index in [1.54, 1.807) is 6.92 Å². The van der Waals surface area contributed by atoms with Crippen molar-refractivity contribution in [2.75, 3.05) is 17.7 Å². The Labute approximate surface area is 152 Å². The smallest absolute Gasteiger partial charge is 0.341 e. The van der Waals surface area contributed by atoms with Gasteiger partial charge in [-0.1, -0.05) is 0 Å². The molecular weight excluding hydrogens is 364 g/mol. The molecule has 3 heterocycles. The molecule has 0 aliphatic carbocycles. The van der Waals surface area contributed by atoms with E-state index in [1.807, 2.05) is 0 Å². The number of amides is 1.